The largest absolute Gasteiger partial charge is 0.416 e. The topological polar surface area (TPSA) is 98.4 Å². The molecule has 2 amide bonds. The molecule has 0 aliphatic carbocycles. The average molecular weight is 426 g/mol. The zero-order valence-corrected chi connectivity index (χ0v) is 16.3. The van der Waals surface area contributed by atoms with Crippen molar-refractivity contribution >= 4 is 34.2 Å². The van der Waals surface area contributed by atoms with E-state index in [1.165, 1.54) is 12.1 Å². The van der Waals surface area contributed by atoms with Crippen LogP contribution in [0.3, 0.4) is 0 Å². The summed E-state index contributed by atoms with van der Waals surface area (Å²) < 4.78 is 44.5. The Labute approximate surface area is 174 Å². The number of primary amides is 1. The van der Waals surface area contributed by atoms with Crippen molar-refractivity contribution in [3.05, 3.63) is 71.8 Å². The van der Waals surface area contributed by atoms with Gasteiger partial charge in [0.05, 0.1) is 22.3 Å². The molecule has 0 fully saturated rings. The van der Waals surface area contributed by atoms with Gasteiger partial charge in [0.1, 0.15) is 0 Å². The monoisotopic (exact) mass is 426 g/mol. The summed E-state index contributed by atoms with van der Waals surface area (Å²) in [6.07, 6.45) is -4.54. The fourth-order valence-electron chi connectivity index (χ4n) is 3.45. The van der Waals surface area contributed by atoms with Gasteiger partial charge in [0.2, 0.25) is 0 Å². The lowest BCUT2D eigenvalue weighted by atomic mass is 9.99. The first-order valence-electron chi connectivity index (χ1n) is 9.18. The van der Waals surface area contributed by atoms with Crippen molar-refractivity contribution in [1.29, 1.82) is 0 Å². The minimum absolute atomic E-state index is 0.0103. The van der Waals surface area contributed by atoms with Crippen LogP contribution in [0.5, 0.6) is 0 Å². The zero-order chi connectivity index (χ0) is 22.3. The molecule has 6 nitrogen and oxygen atoms in total. The number of rotatable bonds is 3. The van der Waals surface area contributed by atoms with Crippen molar-refractivity contribution in [3.63, 3.8) is 0 Å². The van der Waals surface area contributed by atoms with Gasteiger partial charge in [0.15, 0.2) is 11.4 Å². The number of halogens is 3. The van der Waals surface area contributed by atoms with Gasteiger partial charge in [-0.1, -0.05) is 35.5 Å². The normalized spacial score (nSPS) is 11.6. The second-order valence-electron chi connectivity index (χ2n) is 6.97. The molecule has 9 heteroatoms. The highest BCUT2D eigenvalue weighted by Crippen LogP contribution is 2.37. The number of aryl methyl sites for hydroxylation is 1. The Morgan fingerprint density at radius 1 is 1.03 bits per heavy atom. The number of carbonyl (C=O) groups excluding carboxylic acids is 1. The van der Waals surface area contributed by atoms with Crippen LogP contribution in [-0.4, -0.2) is 11.2 Å². The van der Waals surface area contributed by atoms with E-state index in [-0.39, 0.29) is 11.5 Å². The van der Waals surface area contributed by atoms with E-state index in [1.54, 1.807) is 24.3 Å². The lowest BCUT2D eigenvalue weighted by Crippen LogP contribution is -2.31. The smallest absolute Gasteiger partial charge is 0.380 e. The molecule has 31 heavy (non-hydrogen) atoms. The van der Waals surface area contributed by atoms with Crippen LogP contribution < -0.4 is 16.4 Å². The highest BCUT2D eigenvalue weighted by molar-refractivity contribution is 6.02. The maximum absolute atomic E-state index is 13.1. The van der Waals surface area contributed by atoms with Crippen LogP contribution in [-0.2, 0) is 6.18 Å². The number of hydrogen-bond acceptors (Lipinski definition) is 4. The number of urea groups is 1. The number of hydrogen-bond donors (Lipinski definition) is 2. The maximum atomic E-state index is 13.1. The Balaban J connectivity index is 1.76. The van der Waals surface area contributed by atoms with Crippen LogP contribution in [0.15, 0.2) is 65.2 Å². The van der Waals surface area contributed by atoms with E-state index >= 15 is 0 Å². The summed E-state index contributed by atoms with van der Waals surface area (Å²) in [4.78, 5) is 13.1. The van der Waals surface area contributed by atoms with Crippen LogP contribution in [0, 0.1) is 6.92 Å². The van der Waals surface area contributed by atoms with E-state index in [2.05, 4.69) is 5.16 Å². The lowest BCUT2D eigenvalue weighted by molar-refractivity contribution is -0.137. The number of carbonyl (C=O) groups is 1. The number of fused-ring (bicyclic) bond motifs is 1. The minimum atomic E-state index is -4.54. The molecule has 0 aliphatic rings. The second-order valence-corrected chi connectivity index (χ2v) is 6.97. The number of anilines is 3. The number of alkyl halides is 3. The summed E-state index contributed by atoms with van der Waals surface area (Å²) in [6.45, 7) is 1.87. The molecule has 4 aromatic rings. The van der Waals surface area contributed by atoms with Gasteiger partial charge in [-0.05, 0) is 53.9 Å². The SMILES string of the molecule is Cc1ccc(-c2ccc(N(C(N)=O)c3cccc(C(F)(F)F)c3)cc2)c2c(N)noc12. The zero-order valence-electron chi connectivity index (χ0n) is 16.3. The van der Waals surface area contributed by atoms with Gasteiger partial charge in [-0.3, -0.25) is 4.90 Å². The highest BCUT2D eigenvalue weighted by Gasteiger charge is 2.31. The van der Waals surface area contributed by atoms with E-state index in [9.17, 15) is 18.0 Å². The van der Waals surface area contributed by atoms with Crippen LogP contribution in [0.1, 0.15) is 11.1 Å². The summed E-state index contributed by atoms with van der Waals surface area (Å²) in [7, 11) is 0. The van der Waals surface area contributed by atoms with Crippen LogP contribution in [0.25, 0.3) is 22.1 Å². The fourth-order valence-corrected chi connectivity index (χ4v) is 3.45. The molecule has 0 unspecified atom stereocenters. The van der Waals surface area contributed by atoms with Crippen molar-refractivity contribution in [1.82, 2.24) is 5.16 Å². The predicted molar refractivity (Wildman–Crippen MR) is 112 cm³/mol. The molecule has 0 radical (unpaired) electrons. The van der Waals surface area contributed by atoms with Gasteiger partial charge < -0.3 is 16.0 Å². The number of amides is 2. The Kier molecular flexibility index (Phi) is 4.81. The van der Waals surface area contributed by atoms with E-state index < -0.39 is 17.8 Å². The molecule has 0 saturated heterocycles. The van der Waals surface area contributed by atoms with Gasteiger partial charge in [-0.25, -0.2) is 4.79 Å². The van der Waals surface area contributed by atoms with Crippen LogP contribution >= 0.6 is 0 Å². The third-order valence-corrected chi connectivity index (χ3v) is 4.93. The van der Waals surface area contributed by atoms with Crippen molar-refractivity contribution < 1.29 is 22.5 Å². The number of nitrogens with zero attached hydrogens (tertiary/aromatic N) is 2. The first kappa shape index (κ1) is 20.3. The van der Waals surface area contributed by atoms with Gasteiger partial charge in [-0.15, -0.1) is 0 Å². The van der Waals surface area contributed by atoms with Crippen LogP contribution in [0.4, 0.5) is 35.2 Å². The third-order valence-electron chi connectivity index (χ3n) is 4.93. The molecule has 1 heterocycles. The molecule has 0 aliphatic heterocycles. The Morgan fingerprint density at radius 3 is 2.39 bits per heavy atom. The highest BCUT2D eigenvalue weighted by atomic mass is 19.4. The number of aromatic nitrogens is 1. The molecular formula is C22H17F3N4O2. The van der Waals surface area contributed by atoms with Gasteiger partial charge in [0.25, 0.3) is 0 Å². The number of nitrogens with two attached hydrogens (primary N) is 2. The van der Waals surface area contributed by atoms with Crippen molar-refractivity contribution in [3.8, 4) is 11.1 Å². The average Bonchev–Trinajstić information content (AvgIpc) is 3.11. The number of benzene rings is 3. The molecule has 0 spiro atoms. The van der Waals surface area contributed by atoms with E-state index in [1.807, 2.05) is 19.1 Å². The van der Waals surface area contributed by atoms with Gasteiger partial charge in [0, 0.05) is 0 Å². The Morgan fingerprint density at radius 2 is 1.74 bits per heavy atom. The predicted octanol–water partition coefficient (Wildman–Crippen LogP) is 5.62. The molecule has 1 aromatic heterocycles. The molecule has 4 N–H and O–H groups in total. The summed E-state index contributed by atoms with van der Waals surface area (Å²) in [5, 5.41) is 4.49. The Bertz CT molecular complexity index is 1280. The standard InChI is InChI=1S/C22H17F3N4O2/c1-12-5-10-17(18-19(12)31-28-20(18)26)13-6-8-15(9-7-13)29(21(27)30)16-4-2-3-14(11-16)22(23,24)25/h2-11H,1H3,(H2,26,28)(H2,27,30). The van der Waals surface area contributed by atoms with E-state index in [4.69, 9.17) is 16.0 Å². The summed E-state index contributed by atoms with van der Waals surface area (Å²) >= 11 is 0. The molecule has 158 valence electrons. The van der Waals surface area contributed by atoms with Crippen LogP contribution in [0.2, 0.25) is 0 Å². The van der Waals surface area contributed by atoms with Crippen molar-refractivity contribution in [2.24, 2.45) is 5.73 Å². The van der Waals surface area contributed by atoms with E-state index in [0.717, 1.165) is 33.7 Å². The second kappa shape index (κ2) is 7.35. The van der Waals surface area contributed by atoms with E-state index in [0.29, 0.717) is 16.7 Å². The first-order valence-corrected chi connectivity index (χ1v) is 9.18. The summed E-state index contributed by atoms with van der Waals surface area (Å²) in [5.74, 6) is 0.250. The maximum Gasteiger partial charge on any atom is 0.416 e. The fraction of sp³-hybridized carbons (Fsp3) is 0.0909. The number of nitrogen functional groups attached to an aromatic ring is 1. The molecule has 3 aromatic carbocycles. The third kappa shape index (κ3) is 3.65. The molecular weight excluding hydrogens is 409 g/mol. The summed E-state index contributed by atoms with van der Waals surface area (Å²) in [6, 6.07) is 13.9. The first-order chi connectivity index (χ1) is 14.7. The quantitative estimate of drug-likeness (QED) is 0.444. The molecule has 0 atom stereocenters. The lowest BCUT2D eigenvalue weighted by Gasteiger charge is -2.22. The Hall–Kier alpha value is -4.01. The van der Waals surface area contributed by atoms with Crippen molar-refractivity contribution in [2.75, 3.05) is 10.6 Å². The van der Waals surface area contributed by atoms with Gasteiger partial charge in [-0.2, -0.15) is 13.2 Å². The van der Waals surface area contributed by atoms with Crippen molar-refractivity contribution in [2.45, 2.75) is 13.1 Å². The molecule has 0 saturated carbocycles. The summed E-state index contributed by atoms with van der Waals surface area (Å²) in [5.41, 5.74) is 13.9. The van der Waals surface area contributed by atoms with Gasteiger partial charge >= 0.3 is 12.2 Å². The molecule has 4 rings (SSSR count). The minimum Gasteiger partial charge on any atom is -0.380 e. The molecule has 0 bridgehead atoms.